The van der Waals surface area contributed by atoms with Gasteiger partial charge in [0.25, 0.3) is 5.91 Å². The number of hydrogen-bond acceptors (Lipinski definition) is 3. The van der Waals surface area contributed by atoms with Crippen molar-refractivity contribution in [3.63, 3.8) is 0 Å². The highest BCUT2D eigenvalue weighted by atomic mass is 32.2. The number of aryl methyl sites for hydroxylation is 1. The van der Waals surface area contributed by atoms with Gasteiger partial charge in [0.05, 0.1) is 10.5 Å². The average Bonchev–Trinajstić information content (AvgIpc) is 3.01. The number of nitrogens with zero attached hydrogens (tertiary/aromatic N) is 2. The van der Waals surface area contributed by atoms with E-state index in [0.717, 1.165) is 15.7 Å². The molecule has 0 unspecified atom stereocenters. The summed E-state index contributed by atoms with van der Waals surface area (Å²) in [5, 5.41) is 2.81. The minimum absolute atomic E-state index is 0.0717. The second kappa shape index (κ2) is 8.41. The highest BCUT2D eigenvalue weighted by Crippen LogP contribution is 2.22. The first-order chi connectivity index (χ1) is 14.1. The molecule has 1 amide bonds. The Labute approximate surface area is 176 Å². The van der Waals surface area contributed by atoms with Crippen LogP contribution in [0.4, 0.5) is 4.39 Å². The number of amides is 1. The fraction of sp³-hybridized carbons (Fsp3) is 0.227. The Morgan fingerprint density at radius 1 is 1.07 bits per heavy atom. The molecule has 3 rings (SSSR count). The van der Waals surface area contributed by atoms with Crippen LogP contribution in [0.3, 0.4) is 0 Å². The van der Waals surface area contributed by atoms with Crippen LogP contribution in [-0.2, 0) is 16.6 Å². The van der Waals surface area contributed by atoms with Gasteiger partial charge >= 0.3 is 0 Å². The number of hydrogen-bond donors (Lipinski definition) is 1. The molecule has 8 heteroatoms. The molecule has 6 nitrogen and oxygen atoms in total. The van der Waals surface area contributed by atoms with Crippen molar-refractivity contribution in [3.05, 3.63) is 82.9 Å². The van der Waals surface area contributed by atoms with Crippen LogP contribution in [0, 0.1) is 19.7 Å². The SMILES string of the molecule is Cc1cc(C(=O)NCc2ccccc2S(=O)(=O)N(C)C)c(C)n1-c1ccc(F)cc1. The van der Waals surface area contributed by atoms with Crippen LogP contribution in [0.1, 0.15) is 27.3 Å². The number of carbonyl (C=O) groups excluding carboxylic acids is 1. The van der Waals surface area contributed by atoms with Gasteiger partial charge in [-0.1, -0.05) is 18.2 Å². The molecule has 0 aliphatic heterocycles. The topological polar surface area (TPSA) is 71.4 Å². The predicted molar refractivity (Wildman–Crippen MR) is 114 cm³/mol. The van der Waals surface area contributed by atoms with Crippen LogP contribution in [0.2, 0.25) is 0 Å². The van der Waals surface area contributed by atoms with Gasteiger partial charge in [0.15, 0.2) is 0 Å². The highest BCUT2D eigenvalue weighted by molar-refractivity contribution is 7.89. The lowest BCUT2D eigenvalue weighted by molar-refractivity contribution is 0.0950. The normalized spacial score (nSPS) is 11.7. The third kappa shape index (κ3) is 4.15. The van der Waals surface area contributed by atoms with Crippen LogP contribution in [0.5, 0.6) is 0 Å². The molecule has 30 heavy (non-hydrogen) atoms. The van der Waals surface area contributed by atoms with Gasteiger partial charge in [0, 0.05) is 37.7 Å². The summed E-state index contributed by atoms with van der Waals surface area (Å²) in [6, 6.07) is 14.4. The lowest BCUT2D eigenvalue weighted by Crippen LogP contribution is -2.27. The minimum atomic E-state index is -3.62. The lowest BCUT2D eigenvalue weighted by atomic mass is 10.2. The smallest absolute Gasteiger partial charge is 0.253 e. The Hall–Kier alpha value is -2.97. The molecule has 1 heterocycles. The number of rotatable bonds is 6. The molecule has 0 radical (unpaired) electrons. The monoisotopic (exact) mass is 429 g/mol. The molecule has 0 fully saturated rings. The molecular formula is C22H24FN3O3S. The van der Waals surface area contributed by atoms with Crippen LogP contribution in [-0.4, -0.2) is 37.3 Å². The second-order valence-corrected chi connectivity index (χ2v) is 9.29. The summed E-state index contributed by atoms with van der Waals surface area (Å²) in [4.78, 5) is 13.0. The zero-order valence-corrected chi connectivity index (χ0v) is 18.1. The molecule has 1 aromatic heterocycles. The Morgan fingerprint density at radius 3 is 2.33 bits per heavy atom. The zero-order valence-electron chi connectivity index (χ0n) is 17.3. The van der Waals surface area contributed by atoms with E-state index in [4.69, 9.17) is 0 Å². The van der Waals surface area contributed by atoms with Crippen molar-refractivity contribution in [2.24, 2.45) is 0 Å². The van der Waals surface area contributed by atoms with E-state index in [0.29, 0.717) is 16.8 Å². The van der Waals surface area contributed by atoms with Gasteiger partial charge in [0.1, 0.15) is 5.82 Å². The van der Waals surface area contributed by atoms with Crippen molar-refractivity contribution in [1.29, 1.82) is 0 Å². The molecule has 158 valence electrons. The number of aromatic nitrogens is 1. The van der Waals surface area contributed by atoms with Crippen LogP contribution >= 0.6 is 0 Å². The zero-order chi connectivity index (χ0) is 22.1. The third-order valence-electron chi connectivity index (χ3n) is 4.93. The van der Waals surface area contributed by atoms with E-state index >= 15 is 0 Å². The number of benzene rings is 2. The number of halogens is 1. The summed E-state index contributed by atoms with van der Waals surface area (Å²) in [5.74, 6) is -0.640. The second-order valence-electron chi connectivity index (χ2n) is 7.17. The van der Waals surface area contributed by atoms with Crippen molar-refractivity contribution >= 4 is 15.9 Å². The van der Waals surface area contributed by atoms with E-state index in [-0.39, 0.29) is 23.2 Å². The third-order valence-corrected chi connectivity index (χ3v) is 6.85. The summed E-state index contributed by atoms with van der Waals surface area (Å²) in [6.45, 7) is 3.75. The van der Waals surface area contributed by atoms with Gasteiger partial charge in [-0.05, 0) is 55.8 Å². The molecule has 0 bridgehead atoms. The van der Waals surface area contributed by atoms with Gasteiger partial charge in [0.2, 0.25) is 10.0 Å². The Bertz CT molecular complexity index is 1180. The van der Waals surface area contributed by atoms with Gasteiger partial charge in [-0.2, -0.15) is 0 Å². The molecule has 3 aromatic rings. The van der Waals surface area contributed by atoms with Gasteiger partial charge in [-0.3, -0.25) is 4.79 Å². The lowest BCUT2D eigenvalue weighted by Gasteiger charge is -2.15. The van der Waals surface area contributed by atoms with E-state index in [1.54, 1.807) is 36.4 Å². The van der Waals surface area contributed by atoms with E-state index in [2.05, 4.69) is 5.32 Å². The minimum Gasteiger partial charge on any atom is -0.348 e. The van der Waals surface area contributed by atoms with E-state index in [1.165, 1.54) is 32.3 Å². The first-order valence-corrected chi connectivity index (χ1v) is 10.8. The van der Waals surface area contributed by atoms with Gasteiger partial charge in [-0.15, -0.1) is 0 Å². The highest BCUT2D eigenvalue weighted by Gasteiger charge is 2.22. The molecule has 0 atom stereocenters. The molecule has 1 N–H and O–H groups in total. The summed E-state index contributed by atoms with van der Waals surface area (Å²) in [6.07, 6.45) is 0. The first-order valence-electron chi connectivity index (χ1n) is 9.36. The maximum Gasteiger partial charge on any atom is 0.253 e. The Balaban J connectivity index is 1.86. The Kier molecular flexibility index (Phi) is 6.09. The molecule has 0 saturated heterocycles. The van der Waals surface area contributed by atoms with E-state index in [1.807, 2.05) is 18.4 Å². The van der Waals surface area contributed by atoms with Crippen LogP contribution in [0.25, 0.3) is 5.69 Å². The molecule has 0 spiro atoms. The van der Waals surface area contributed by atoms with Gasteiger partial charge in [-0.25, -0.2) is 17.1 Å². The maximum absolute atomic E-state index is 13.2. The van der Waals surface area contributed by atoms with Gasteiger partial charge < -0.3 is 9.88 Å². The fourth-order valence-electron chi connectivity index (χ4n) is 3.35. The maximum atomic E-state index is 13.2. The van der Waals surface area contributed by atoms with Crippen LogP contribution < -0.4 is 5.32 Å². The molecular weight excluding hydrogens is 405 g/mol. The summed E-state index contributed by atoms with van der Waals surface area (Å²) in [7, 11) is -0.689. The number of carbonyl (C=O) groups is 1. The predicted octanol–water partition coefficient (Wildman–Crippen LogP) is 3.41. The van der Waals surface area contributed by atoms with E-state index < -0.39 is 10.0 Å². The molecule has 0 aliphatic carbocycles. The van der Waals surface area contributed by atoms with Crippen LogP contribution in [0.15, 0.2) is 59.5 Å². The van der Waals surface area contributed by atoms with Crippen molar-refractivity contribution in [3.8, 4) is 5.69 Å². The largest absolute Gasteiger partial charge is 0.348 e. The number of sulfonamides is 1. The molecule has 0 saturated carbocycles. The number of nitrogens with one attached hydrogen (secondary N) is 1. The Morgan fingerprint density at radius 2 is 1.70 bits per heavy atom. The summed E-state index contributed by atoms with van der Waals surface area (Å²) < 4.78 is 41.3. The molecule has 2 aromatic carbocycles. The van der Waals surface area contributed by atoms with Crippen molar-refractivity contribution in [1.82, 2.24) is 14.2 Å². The average molecular weight is 430 g/mol. The first kappa shape index (κ1) is 21.7. The van der Waals surface area contributed by atoms with Crippen molar-refractivity contribution < 1.29 is 17.6 Å². The fourth-order valence-corrected chi connectivity index (χ4v) is 4.46. The quantitative estimate of drug-likeness (QED) is 0.653. The standard InChI is InChI=1S/C22H24FN3O3S/c1-15-13-20(16(2)26(15)19-11-9-18(23)10-12-19)22(27)24-14-17-7-5-6-8-21(17)30(28,29)25(3)4/h5-13H,14H2,1-4H3,(H,24,27). The summed E-state index contributed by atoms with van der Waals surface area (Å²) >= 11 is 0. The van der Waals surface area contributed by atoms with Crippen molar-refractivity contribution in [2.45, 2.75) is 25.3 Å². The van der Waals surface area contributed by atoms with Crippen molar-refractivity contribution in [2.75, 3.05) is 14.1 Å². The summed E-state index contributed by atoms with van der Waals surface area (Å²) in [5.41, 5.74) is 3.29. The molecule has 0 aliphatic rings. The van der Waals surface area contributed by atoms with E-state index in [9.17, 15) is 17.6 Å².